The van der Waals surface area contributed by atoms with Crippen LogP contribution in [0.15, 0.2) is 12.1 Å². The molecule has 1 fully saturated rings. The van der Waals surface area contributed by atoms with E-state index in [1.165, 1.54) is 42.0 Å². The molecule has 3 unspecified atom stereocenters. The molecule has 1 aliphatic rings. The van der Waals surface area contributed by atoms with E-state index in [9.17, 15) is 0 Å². The monoisotopic (exact) mass is 265 g/mol. The molecule has 102 valence electrons. The molecule has 0 spiro atoms. The van der Waals surface area contributed by atoms with E-state index in [1.807, 2.05) is 11.3 Å². The third-order valence-electron chi connectivity index (χ3n) is 4.43. The third kappa shape index (κ3) is 3.58. The van der Waals surface area contributed by atoms with Crippen molar-refractivity contribution in [1.29, 1.82) is 0 Å². The third-order valence-corrected chi connectivity index (χ3v) is 5.85. The molecular weight excluding hydrogens is 238 g/mol. The highest BCUT2D eigenvalue weighted by molar-refractivity contribution is 7.12. The van der Waals surface area contributed by atoms with Gasteiger partial charge in [-0.05, 0) is 50.3 Å². The quantitative estimate of drug-likeness (QED) is 0.807. The van der Waals surface area contributed by atoms with Crippen molar-refractivity contribution in [2.75, 3.05) is 6.54 Å². The SMILES string of the molecule is CCc1ccc(C(C)NCC2CCCCC2C)s1. The van der Waals surface area contributed by atoms with E-state index in [0.717, 1.165) is 18.3 Å². The van der Waals surface area contributed by atoms with Gasteiger partial charge in [-0.2, -0.15) is 0 Å². The van der Waals surface area contributed by atoms with Crippen molar-refractivity contribution in [1.82, 2.24) is 5.32 Å². The smallest absolute Gasteiger partial charge is 0.0386 e. The van der Waals surface area contributed by atoms with Crippen molar-refractivity contribution in [3.63, 3.8) is 0 Å². The van der Waals surface area contributed by atoms with E-state index in [-0.39, 0.29) is 0 Å². The summed E-state index contributed by atoms with van der Waals surface area (Å²) in [4.78, 5) is 3.00. The molecule has 1 aromatic heterocycles. The molecular formula is C16H27NS. The van der Waals surface area contributed by atoms with E-state index < -0.39 is 0 Å². The summed E-state index contributed by atoms with van der Waals surface area (Å²) in [5, 5.41) is 3.75. The fraction of sp³-hybridized carbons (Fsp3) is 0.750. The Morgan fingerprint density at radius 3 is 2.78 bits per heavy atom. The summed E-state index contributed by atoms with van der Waals surface area (Å²) in [6.45, 7) is 8.16. The highest BCUT2D eigenvalue weighted by atomic mass is 32.1. The Balaban J connectivity index is 1.81. The number of aryl methyl sites for hydroxylation is 1. The fourth-order valence-corrected chi connectivity index (χ4v) is 3.92. The van der Waals surface area contributed by atoms with Gasteiger partial charge in [0.2, 0.25) is 0 Å². The second-order valence-electron chi connectivity index (χ2n) is 5.81. The van der Waals surface area contributed by atoms with E-state index >= 15 is 0 Å². The Kier molecular flexibility index (Phi) is 5.25. The summed E-state index contributed by atoms with van der Waals surface area (Å²) in [7, 11) is 0. The van der Waals surface area contributed by atoms with Gasteiger partial charge in [0.1, 0.15) is 0 Å². The molecule has 0 radical (unpaired) electrons. The molecule has 2 rings (SSSR count). The van der Waals surface area contributed by atoms with E-state index in [2.05, 4.69) is 38.2 Å². The standard InChI is InChI=1S/C16H27NS/c1-4-15-9-10-16(18-15)13(3)17-11-14-8-6-5-7-12(14)2/h9-10,12-14,17H,4-8,11H2,1-3H3. The second-order valence-corrected chi connectivity index (χ2v) is 7.01. The first-order valence-corrected chi connectivity index (χ1v) is 8.34. The van der Waals surface area contributed by atoms with Crippen molar-refractivity contribution >= 4 is 11.3 Å². The molecule has 0 amide bonds. The first kappa shape index (κ1) is 14.1. The Labute approximate surface area is 116 Å². The van der Waals surface area contributed by atoms with E-state index in [1.54, 1.807) is 0 Å². The molecule has 0 saturated heterocycles. The maximum atomic E-state index is 3.75. The lowest BCUT2D eigenvalue weighted by Crippen LogP contribution is -2.30. The average Bonchev–Trinajstić information content (AvgIpc) is 2.86. The topological polar surface area (TPSA) is 12.0 Å². The molecule has 3 atom stereocenters. The first-order chi connectivity index (χ1) is 8.70. The van der Waals surface area contributed by atoms with E-state index in [0.29, 0.717) is 6.04 Å². The lowest BCUT2D eigenvalue weighted by Gasteiger charge is -2.30. The number of thiophene rings is 1. The minimum absolute atomic E-state index is 0.518. The van der Waals surface area contributed by atoms with Gasteiger partial charge in [0, 0.05) is 15.8 Å². The first-order valence-electron chi connectivity index (χ1n) is 7.52. The van der Waals surface area contributed by atoms with Crippen LogP contribution in [0.1, 0.15) is 62.3 Å². The minimum Gasteiger partial charge on any atom is -0.309 e. The highest BCUT2D eigenvalue weighted by Crippen LogP contribution is 2.30. The van der Waals surface area contributed by atoms with Gasteiger partial charge in [0.25, 0.3) is 0 Å². The van der Waals surface area contributed by atoms with Crippen LogP contribution in [0.2, 0.25) is 0 Å². The van der Waals surface area contributed by atoms with Gasteiger partial charge in [0.05, 0.1) is 0 Å². The summed E-state index contributed by atoms with van der Waals surface area (Å²) >= 11 is 1.97. The zero-order valence-corrected chi connectivity index (χ0v) is 12.9. The van der Waals surface area contributed by atoms with Crippen molar-refractivity contribution in [2.24, 2.45) is 11.8 Å². The van der Waals surface area contributed by atoms with Crippen molar-refractivity contribution < 1.29 is 0 Å². The van der Waals surface area contributed by atoms with E-state index in [4.69, 9.17) is 0 Å². The number of hydrogen-bond donors (Lipinski definition) is 1. The molecule has 1 N–H and O–H groups in total. The maximum Gasteiger partial charge on any atom is 0.0386 e. The lowest BCUT2D eigenvalue weighted by atomic mass is 9.80. The Bertz CT molecular complexity index is 358. The van der Waals surface area contributed by atoms with Crippen LogP contribution >= 0.6 is 11.3 Å². The van der Waals surface area contributed by atoms with Crippen molar-refractivity contribution in [3.8, 4) is 0 Å². The Morgan fingerprint density at radius 1 is 1.33 bits per heavy atom. The van der Waals surface area contributed by atoms with Crippen LogP contribution < -0.4 is 5.32 Å². The van der Waals surface area contributed by atoms with Crippen LogP contribution in [0.5, 0.6) is 0 Å². The summed E-state index contributed by atoms with van der Waals surface area (Å²) in [6, 6.07) is 5.09. The van der Waals surface area contributed by atoms with Gasteiger partial charge in [-0.25, -0.2) is 0 Å². The zero-order valence-electron chi connectivity index (χ0n) is 12.0. The largest absolute Gasteiger partial charge is 0.309 e. The molecule has 1 saturated carbocycles. The highest BCUT2D eigenvalue weighted by Gasteiger charge is 2.21. The van der Waals surface area contributed by atoms with Gasteiger partial charge >= 0.3 is 0 Å². The van der Waals surface area contributed by atoms with Crippen molar-refractivity contribution in [2.45, 2.75) is 58.9 Å². The molecule has 0 aromatic carbocycles. The summed E-state index contributed by atoms with van der Waals surface area (Å²) in [5.74, 6) is 1.81. The Hall–Kier alpha value is -0.340. The number of rotatable bonds is 5. The molecule has 1 nitrogen and oxygen atoms in total. The van der Waals surface area contributed by atoms with Gasteiger partial charge in [-0.3, -0.25) is 0 Å². The van der Waals surface area contributed by atoms with Gasteiger partial charge in [-0.15, -0.1) is 11.3 Å². The van der Waals surface area contributed by atoms with Crippen LogP contribution in [0.3, 0.4) is 0 Å². The van der Waals surface area contributed by atoms with Crippen LogP contribution in [0, 0.1) is 11.8 Å². The molecule has 18 heavy (non-hydrogen) atoms. The van der Waals surface area contributed by atoms with Gasteiger partial charge < -0.3 is 5.32 Å². The van der Waals surface area contributed by atoms with Crippen LogP contribution in [0.25, 0.3) is 0 Å². The van der Waals surface area contributed by atoms with Gasteiger partial charge in [0.15, 0.2) is 0 Å². The number of nitrogens with one attached hydrogen (secondary N) is 1. The summed E-state index contributed by atoms with van der Waals surface area (Å²) < 4.78 is 0. The van der Waals surface area contributed by atoms with Crippen LogP contribution in [-0.2, 0) is 6.42 Å². The zero-order chi connectivity index (χ0) is 13.0. The predicted octanol–water partition coefficient (Wildman–Crippen LogP) is 4.79. The molecule has 1 heterocycles. The van der Waals surface area contributed by atoms with Crippen molar-refractivity contribution in [3.05, 3.63) is 21.9 Å². The maximum absolute atomic E-state index is 3.75. The van der Waals surface area contributed by atoms with Crippen LogP contribution in [0.4, 0.5) is 0 Å². The number of hydrogen-bond acceptors (Lipinski definition) is 2. The Morgan fingerprint density at radius 2 is 2.11 bits per heavy atom. The fourth-order valence-electron chi connectivity index (χ4n) is 2.94. The van der Waals surface area contributed by atoms with Crippen LogP contribution in [-0.4, -0.2) is 6.54 Å². The molecule has 2 heteroatoms. The minimum atomic E-state index is 0.518. The lowest BCUT2D eigenvalue weighted by molar-refractivity contribution is 0.243. The molecule has 1 aliphatic carbocycles. The predicted molar refractivity (Wildman–Crippen MR) is 81.2 cm³/mol. The molecule has 0 bridgehead atoms. The summed E-state index contributed by atoms with van der Waals surface area (Å²) in [6.07, 6.45) is 6.89. The summed E-state index contributed by atoms with van der Waals surface area (Å²) in [5.41, 5.74) is 0. The average molecular weight is 265 g/mol. The molecule has 1 aromatic rings. The molecule has 0 aliphatic heterocycles. The van der Waals surface area contributed by atoms with Gasteiger partial charge in [-0.1, -0.05) is 33.1 Å². The normalized spacial score (nSPS) is 26.2. The second kappa shape index (κ2) is 6.72.